The summed E-state index contributed by atoms with van der Waals surface area (Å²) >= 11 is 0. The topological polar surface area (TPSA) is 70.7 Å². The van der Waals surface area contributed by atoms with Gasteiger partial charge < -0.3 is 16.0 Å². The summed E-state index contributed by atoms with van der Waals surface area (Å²) in [6.45, 7) is 6.31. The summed E-state index contributed by atoms with van der Waals surface area (Å²) in [5, 5.41) is 3.32. The first kappa shape index (κ1) is 22.0. The van der Waals surface area contributed by atoms with Crippen LogP contribution >= 0.6 is 24.0 Å². The maximum absolute atomic E-state index is 11.1. The second kappa shape index (κ2) is 10.8. The molecule has 2 aromatic rings. The lowest BCUT2D eigenvalue weighted by Gasteiger charge is -2.23. The maximum atomic E-state index is 11.1. The van der Waals surface area contributed by atoms with Crippen molar-refractivity contribution in [1.29, 1.82) is 0 Å². The molecule has 0 spiro atoms. The van der Waals surface area contributed by atoms with E-state index in [1.807, 2.05) is 25.2 Å². The lowest BCUT2D eigenvalue weighted by atomic mass is 10.1. The molecule has 0 fully saturated rings. The Morgan fingerprint density at radius 2 is 1.81 bits per heavy atom. The van der Waals surface area contributed by atoms with Gasteiger partial charge in [-0.1, -0.05) is 36.4 Å². The molecule has 0 saturated heterocycles. The number of aryl methyl sites for hydroxylation is 1. The lowest BCUT2D eigenvalue weighted by molar-refractivity contribution is 0.100. The Morgan fingerprint density at radius 3 is 2.38 bits per heavy atom. The average Bonchev–Trinajstić information content (AvgIpc) is 2.60. The molecule has 0 aliphatic rings. The van der Waals surface area contributed by atoms with E-state index in [1.54, 1.807) is 12.1 Å². The number of carbonyl (C=O) groups excluding carboxylic acids is 1. The Balaban J connectivity index is 0.00000338. The van der Waals surface area contributed by atoms with Gasteiger partial charge in [0.2, 0.25) is 5.91 Å². The number of nitrogens with zero attached hydrogens (tertiary/aromatic N) is 2. The van der Waals surface area contributed by atoms with Crippen molar-refractivity contribution in [3.05, 3.63) is 70.8 Å². The summed E-state index contributed by atoms with van der Waals surface area (Å²) in [4.78, 5) is 17.9. The number of halogens is 1. The molecule has 3 N–H and O–H groups in total. The zero-order valence-corrected chi connectivity index (χ0v) is 17.9. The van der Waals surface area contributed by atoms with Crippen LogP contribution in [0, 0.1) is 6.92 Å². The van der Waals surface area contributed by atoms with E-state index >= 15 is 0 Å². The molecule has 0 heterocycles. The zero-order chi connectivity index (χ0) is 18.2. The van der Waals surface area contributed by atoms with Crippen LogP contribution in [0.25, 0.3) is 0 Å². The van der Waals surface area contributed by atoms with Crippen molar-refractivity contribution in [3.8, 4) is 0 Å². The van der Waals surface area contributed by atoms with Crippen LogP contribution in [0.4, 0.5) is 0 Å². The normalized spacial score (nSPS) is 10.8. The number of rotatable bonds is 6. The predicted octanol–water partition coefficient (Wildman–Crippen LogP) is 3.31. The molecule has 140 valence electrons. The van der Waals surface area contributed by atoms with Crippen molar-refractivity contribution >= 4 is 35.8 Å². The van der Waals surface area contributed by atoms with Crippen molar-refractivity contribution in [1.82, 2.24) is 10.2 Å². The number of primary amides is 1. The third kappa shape index (κ3) is 6.33. The van der Waals surface area contributed by atoms with Gasteiger partial charge in [-0.25, -0.2) is 4.99 Å². The Labute approximate surface area is 172 Å². The summed E-state index contributed by atoms with van der Waals surface area (Å²) in [5.74, 6) is 0.436. The SMILES string of the molecule is CCNC(=NCc1ccc(C(N)=O)cc1)N(C)Cc1ccccc1C.I. The number of guanidine groups is 1. The second-order valence-electron chi connectivity index (χ2n) is 6.01. The molecule has 2 aromatic carbocycles. The highest BCUT2D eigenvalue weighted by atomic mass is 127. The van der Waals surface area contributed by atoms with Crippen LogP contribution < -0.4 is 11.1 Å². The van der Waals surface area contributed by atoms with Crippen molar-refractivity contribution in [2.75, 3.05) is 13.6 Å². The summed E-state index contributed by atoms with van der Waals surface area (Å²) in [5.41, 5.74) is 9.36. The summed E-state index contributed by atoms with van der Waals surface area (Å²) in [7, 11) is 2.03. The number of benzene rings is 2. The van der Waals surface area contributed by atoms with E-state index in [1.165, 1.54) is 11.1 Å². The first-order valence-electron chi connectivity index (χ1n) is 8.44. The van der Waals surface area contributed by atoms with Gasteiger partial charge >= 0.3 is 0 Å². The Bertz CT molecular complexity index is 744. The van der Waals surface area contributed by atoms with Gasteiger partial charge in [-0.15, -0.1) is 24.0 Å². The minimum Gasteiger partial charge on any atom is -0.366 e. The summed E-state index contributed by atoms with van der Waals surface area (Å²) < 4.78 is 0. The van der Waals surface area contributed by atoms with E-state index < -0.39 is 5.91 Å². The highest BCUT2D eigenvalue weighted by Crippen LogP contribution is 2.10. The summed E-state index contributed by atoms with van der Waals surface area (Å²) in [6.07, 6.45) is 0. The second-order valence-corrected chi connectivity index (χ2v) is 6.01. The highest BCUT2D eigenvalue weighted by molar-refractivity contribution is 14.0. The minimum atomic E-state index is -0.415. The monoisotopic (exact) mass is 466 g/mol. The third-order valence-electron chi connectivity index (χ3n) is 4.02. The van der Waals surface area contributed by atoms with Crippen LogP contribution in [-0.4, -0.2) is 30.4 Å². The van der Waals surface area contributed by atoms with Gasteiger partial charge in [-0.2, -0.15) is 0 Å². The Kier molecular flexibility index (Phi) is 9.12. The first-order valence-corrected chi connectivity index (χ1v) is 8.44. The minimum absolute atomic E-state index is 0. The van der Waals surface area contributed by atoms with Gasteiger partial charge in [-0.3, -0.25) is 4.79 Å². The van der Waals surface area contributed by atoms with E-state index in [4.69, 9.17) is 10.7 Å². The van der Waals surface area contributed by atoms with E-state index in [0.717, 1.165) is 24.6 Å². The fourth-order valence-electron chi connectivity index (χ4n) is 2.53. The van der Waals surface area contributed by atoms with Gasteiger partial charge in [0.15, 0.2) is 5.96 Å². The molecule has 2 rings (SSSR count). The molecule has 0 unspecified atom stereocenters. The predicted molar refractivity (Wildman–Crippen MR) is 118 cm³/mol. The molecule has 0 atom stereocenters. The molecule has 0 aromatic heterocycles. The van der Waals surface area contributed by atoms with Crippen LogP contribution in [0.2, 0.25) is 0 Å². The number of nitrogens with one attached hydrogen (secondary N) is 1. The quantitative estimate of drug-likeness (QED) is 0.390. The van der Waals surface area contributed by atoms with E-state index in [-0.39, 0.29) is 24.0 Å². The molecular formula is C20H27IN4O. The van der Waals surface area contributed by atoms with Crippen LogP contribution in [0.3, 0.4) is 0 Å². The number of amides is 1. The van der Waals surface area contributed by atoms with Crippen LogP contribution in [0.1, 0.15) is 34.0 Å². The number of nitrogens with two attached hydrogens (primary N) is 1. The fraction of sp³-hybridized carbons (Fsp3) is 0.300. The number of carbonyl (C=O) groups is 1. The van der Waals surface area contributed by atoms with Gasteiger partial charge in [0.05, 0.1) is 6.54 Å². The largest absolute Gasteiger partial charge is 0.366 e. The average molecular weight is 466 g/mol. The van der Waals surface area contributed by atoms with Gasteiger partial charge in [-0.05, 0) is 42.7 Å². The Hall–Kier alpha value is -2.09. The zero-order valence-electron chi connectivity index (χ0n) is 15.5. The van der Waals surface area contributed by atoms with Crippen molar-refractivity contribution in [3.63, 3.8) is 0 Å². The molecule has 6 heteroatoms. The maximum Gasteiger partial charge on any atom is 0.248 e. The standard InChI is InChI=1S/C20H26N4O.HI/c1-4-22-20(24(3)14-18-8-6-5-7-15(18)2)23-13-16-9-11-17(12-10-16)19(21)25;/h5-12H,4,13-14H2,1-3H3,(H2,21,25)(H,22,23);1H. The van der Waals surface area contributed by atoms with Crippen LogP contribution in [-0.2, 0) is 13.1 Å². The van der Waals surface area contributed by atoms with Crippen LogP contribution in [0.5, 0.6) is 0 Å². The fourth-order valence-corrected chi connectivity index (χ4v) is 2.53. The number of aliphatic imine (C=N–C) groups is 1. The van der Waals surface area contributed by atoms with E-state index in [0.29, 0.717) is 12.1 Å². The van der Waals surface area contributed by atoms with E-state index in [9.17, 15) is 4.79 Å². The molecule has 0 bridgehead atoms. The Morgan fingerprint density at radius 1 is 1.15 bits per heavy atom. The summed E-state index contributed by atoms with van der Waals surface area (Å²) in [6, 6.07) is 15.6. The molecule has 0 aliphatic heterocycles. The molecule has 26 heavy (non-hydrogen) atoms. The van der Waals surface area contributed by atoms with Crippen molar-refractivity contribution in [2.24, 2.45) is 10.7 Å². The lowest BCUT2D eigenvalue weighted by Crippen LogP contribution is -2.38. The van der Waals surface area contributed by atoms with Crippen molar-refractivity contribution in [2.45, 2.75) is 26.9 Å². The highest BCUT2D eigenvalue weighted by Gasteiger charge is 2.08. The first-order chi connectivity index (χ1) is 12.0. The van der Waals surface area contributed by atoms with E-state index in [2.05, 4.69) is 42.3 Å². The molecule has 1 amide bonds. The van der Waals surface area contributed by atoms with Crippen LogP contribution in [0.15, 0.2) is 53.5 Å². The smallest absolute Gasteiger partial charge is 0.248 e. The van der Waals surface area contributed by atoms with Gasteiger partial charge in [0.1, 0.15) is 0 Å². The molecule has 0 aliphatic carbocycles. The van der Waals surface area contributed by atoms with Gasteiger partial charge in [0.25, 0.3) is 0 Å². The van der Waals surface area contributed by atoms with Gasteiger partial charge in [0, 0.05) is 25.7 Å². The van der Waals surface area contributed by atoms with Crippen molar-refractivity contribution < 1.29 is 4.79 Å². The molecule has 0 saturated carbocycles. The molecular weight excluding hydrogens is 439 g/mol. The number of hydrogen-bond acceptors (Lipinski definition) is 2. The molecule has 5 nitrogen and oxygen atoms in total. The third-order valence-corrected chi connectivity index (χ3v) is 4.02. The molecule has 0 radical (unpaired) electrons. The number of hydrogen-bond donors (Lipinski definition) is 2.